The Bertz CT molecular complexity index is 8500. The first-order valence-electron chi connectivity index (χ1n) is 50.6. The van der Waals surface area contributed by atoms with E-state index in [0.717, 1.165) is 128 Å². The molecule has 17 aromatic carbocycles. The van der Waals surface area contributed by atoms with Crippen molar-refractivity contribution in [3.05, 3.63) is 475 Å². The van der Waals surface area contributed by atoms with Gasteiger partial charge in [-0.3, -0.25) is 9.97 Å². The molecule has 0 unspecified atom stereocenters. The first-order valence-corrected chi connectivity index (χ1v) is 50.6. The van der Waals surface area contributed by atoms with E-state index < -0.39 is 0 Å². The highest BCUT2D eigenvalue weighted by molar-refractivity contribution is 6.14. The number of fused-ring (bicyclic) bond motifs is 6. The Labute approximate surface area is 862 Å². The average molecular weight is 1900 g/mol. The summed E-state index contributed by atoms with van der Waals surface area (Å²) in [6.07, 6.45) is 0. The molecule has 5 aromatic heterocycles. The van der Waals surface area contributed by atoms with Crippen LogP contribution in [0, 0.1) is 27.7 Å². The molecule has 5 heterocycles. The van der Waals surface area contributed by atoms with Gasteiger partial charge in [0.15, 0.2) is 52.4 Å². The smallest absolute Gasteiger partial charge is 0.164 e. The summed E-state index contributed by atoms with van der Waals surface area (Å²) in [6.45, 7) is 33.6. The molecule has 0 spiro atoms. The topological polar surface area (TPSA) is 142 Å². The zero-order valence-corrected chi connectivity index (χ0v) is 85.8. The van der Waals surface area contributed by atoms with Crippen molar-refractivity contribution in [1.29, 1.82) is 0 Å². The number of pyridine rings is 2. The van der Waals surface area contributed by atoms with Gasteiger partial charge in [0.1, 0.15) is 0 Å². The lowest BCUT2D eigenvalue weighted by atomic mass is 9.78. The molecule has 23 rings (SSSR count). The molecule has 0 atom stereocenters. The molecule has 22 aromatic rings. The van der Waals surface area contributed by atoms with Crippen LogP contribution in [0.3, 0.4) is 0 Å². The van der Waals surface area contributed by atoms with Crippen molar-refractivity contribution in [2.24, 2.45) is 0 Å². The number of hydrogen-bond donors (Lipinski definition) is 0. The molecule has 0 saturated heterocycles. The van der Waals surface area contributed by atoms with E-state index in [1.807, 2.05) is 172 Å². The predicted molar refractivity (Wildman–Crippen MR) is 610 cm³/mol. The van der Waals surface area contributed by atoms with Crippen molar-refractivity contribution in [3.63, 3.8) is 0 Å². The highest BCUT2D eigenvalue weighted by atomic mass is 15.1. The van der Waals surface area contributed by atoms with Gasteiger partial charge in [-0.15, -0.1) is 0 Å². The first kappa shape index (κ1) is 95.8. The van der Waals surface area contributed by atoms with Crippen LogP contribution in [-0.4, -0.2) is 54.8 Å². The van der Waals surface area contributed by atoms with Crippen LogP contribution in [0.5, 0.6) is 0 Å². The van der Waals surface area contributed by atoms with Crippen molar-refractivity contribution >= 4 is 21.5 Å². The van der Waals surface area contributed by atoms with E-state index in [1.165, 1.54) is 82.7 Å². The second-order valence-corrected chi connectivity index (χ2v) is 42.0. The van der Waals surface area contributed by atoms with E-state index >= 15 is 0 Å². The third-order valence-electron chi connectivity index (χ3n) is 28.0. The fourth-order valence-corrected chi connectivity index (χ4v) is 19.9. The van der Waals surface area contributed by atoms with Crippen LogP contribution in [-0.2, 0) is 21.7 Å². The summed E-state index contributed by atoms with van der Waals surface area (Å²) in [5.41, 5.74) is 37.7. The monoisotopic (exact) mass is 1900 g/mol. The number of hydrogen-bond acceptors (Lipinski definition) is 11. The Morgan fingerprint density at radius 1 is 0.163 bits per heavy atom. The van der Waals surface area contributed by atoms with E-state index in [4.69, 9.17) is 54.8 Å². The number of aromatic nitrogens is 11. The lowest BCUT2D eigenvalue weighted by Crippen LogP contribution is -2.16. The van der Waals surface area contributed by atoms with Gasteiger partial charge in [-0.2, -0.15) is 0 Å². The molecule has 1 aliphatic rings. The van der Waals surface area contributed by atoms with Gasteiger partial charge < -0.3 is 0 Å². The molecule has 0 radical (unpaired) electrons. The van der Waals surface area contributed by atoms with Crippen LogP contribution < -0.4 is 0 Å². The fraction of sp³-hybridized carbons (Fsp3) is 0.140. The molecular formula is C136H115N11. The Morgan fingerprint density at radius 2 is 0.429 bits per heavy atom. The van der Waals surface area contributed by atoms with Gasteiger partial charge in [0.05, 0.1) is 0 Å². The maximum Gasteiger partial charge on any atom is 0.164 e. The van der Waals surface area contributed by atoms with Crippen LogP contribution in [0.1, 0.15) is 127 Å². The number of rotatable bonds is 16. The highest BCUT2D eigenvalue weighted by Gasteiger charge is 2.36. The Morgan fingerprint density at radius 3 is 0.837 bits per heavy atom. The Hall–Kier alpha value is -17.4. The largest absolute Gasteiger partial charge is 0.258 e. The Kier molecular flexibility index (Phi) is 26.1. The van der Waals surface area contributed by atoms with Gasteiger partial charge in [0.2, 0.25) is 0 Å². The summed E-state index contributed by atoms with van der Waals surface area (Å²) in [5, 5.41) is 4.88. The number of benzene rings is 17. The maximum absolute atomic E-state index is 5.15. The third kappa shape index (κ3) is 20.6. The first-order chi connectivity index (χ1) is 71.1. The molecule has 147 heavy (non-hydrogen) atoms. The van der Waals surface area contributed by atoms with Gasteiger partial charge in [-0.05, 0) is 250 Å². The van der Waals surface area contributed by atoms with Crippen LogP contribution in [0.25, 0.3) is 213 Å². The molecule has 0 saturated carbocycles. The summed E-state index contributed by atoms with van der Waals surface area (Å²) in [7, 11) is 0. The van der Waals surface area contributed by atoms with Crippen molar-refractivity contribution < 1.29 is 0 Å². The summed E-state index contributed by atoms with van der Waals surface area (Å²) in [4.78, 5) is 54.8. The molecule has 0 aliphatic heterocycles. The van der Waals surface area contributed by atoms with E-state index in [-0.39, 0.29) is 21.7 Å². The molecule has 11 heteroatoms. The second-order valence-electron chi connectivity index (χ2n) is 42.0. The molecular weight excluding hydrogens is 1790 g/mol. The van der Waals surface area contributed by atoms with Crippen LogP contribution in [0.15, 0.2) is 425 Å². The second kappa shape index (κ2) is 40.1. The minimum atomic E-state index is -0.0828. The normalized spacial score (nSPS) is 12.1. The van der Waals surface area contributed by atoms with E-state index in [2.05, 4.69) is 357 Å². The molecule has 0 bridgehead atoms. The van der Waals surface area contributed by atoms with Crippen LogP contribution >= 0.6 is 0 Å². The van der Waals surface area contributed by atoms with Crippen molar-refractivity contribution in [1.82, 2.24) is 54.8 Å². The van der Waals surface area contributed by atoms with E-state index in [9.17, 15) is 0 Å². The summed E-state index contributed by atoms with van der Waals surface area (Å²) < 4.78 is 0. The summed E-state index contributed by atoms with van der Waals surface area (Å²) >= 11 is 0. The predicted octanol–water partition coefficient (Wildman–Crippen LogP) is 34.8. The zero-order valence-electron chi connectivity index (χ0n) is 85.8. The number of nitrogens with zero attached hydrogens (tertiary/aromatic N) is 11. The van der Waals surface area contributed by atoms with Gasteiger partial charge in [-0.25, -0.2) is 44.9 Å². The molecule has 0 N–H and O–H groups in total. The molecule has 0 fully saturated rings. The fourth-order valence-electron chi connectivity index (χ4n) is 19.9. The molecule has 714 valence electrons. The Balaban J connectivity index is 0.000000130. The minimum absolute atomic E-state index is 0.00535. The average Bonchev–Trinajstić information content (AvgIpc) is 1.58. The van der Waals surface area contributed by atoms with Crippen molar-refractivity contribution in [2.75, 3.05) is 0 Å². The van der Waals surface area contributed by atoms with Crippen LogP contribution in [0.2, 0.25) is 0 Å². The highest BCUT2D eigenvalue weighted by Crippen LogP contribution is 2.51. The van der Waals surface area contributed by atoms with E-state index in [1.54, 1.807) is 0 Å². The minimum Gasteiger partial charge on any atom is -0.258 e. The maximum atomic E-state index is 5.15. The third-order valence-corrected chi connectivity index (χ3v) is 28.0. The van der Waals surface area contributed by atoms with Gasteiger partial charge >= 0.3 is 0 Å². The van der Waals surface area contributed by atoms with Gasteiger partial charge in [0.25, 0.3) is 0 Å². The van der Waals surface area contributed by atoms with Gasteiger partial charge in [0, 0.05) is 89.4 Å². The molecule has 0 amide bonds. The van der Waals surface area contributed by atoms with Gasteiger partial charge in [-0.1, -0.05) is 422 Å². The summed E-state index contributed by atoms with van der Waals surface area (Å²) in [5.74, 6) is 5.78. The standard InChI is InChI=1S/C52H54N4.C42H30N4.C42H31N3/c1-33-22-23-46(34(2)53-33)41-25-37(26-42(27-41)49-55-47(35-18-14-12-15-19-35)54-48(56-49)36-20-16-13-17-21-36)38-24-39(29-43(28-38)50(3,4)5)40-30-44(51(6,7)8)32-45(31-40)52(9,10)11;1-27-21-22-35(28(2)43-27)32-23-33(39-26-31-17-9-10-18-36(31)37-19-11-12-20-38(37)39)25-34(24-32)42-45-40(29-13-5-3-6-14-29)44-41(46-42)30-15-7-4-8-16-30;1-42(2)37-22-10-9-21-35(37)36-24-23-33(27-38(36)42)31-18-11-17-30(25-31)32-19-12-20-34(26-32)41-44-39(28-13-5-3-6-14-28)43-40(45-41)29-15-7-4-8-16-29/h12-32H,1-11H3;3-26H,1-2H3;3-27H,1-2H3. The lowest BCUT2D eigenvalue weighted by Gasteiger charge is -2.27. The SMILES string of the molecule is CC1(C)c2ccccc2-c2ccc(-c3cccc(-c4cccc(-c5nc(-c6ccccc6)nc(-c6ccccc6)n5)c4)c3)cc21.Cc1ccc(-c2cc(-c3cc(-c4cc(C(C)(C)C)cc(C(C)(C)C)c4)cc(C(C)(C)C)c3)cc(-c3nc(-c4ccccc4)nc(-c4ccccc4)n3)c2)c(C)n1.Cc1ccc(-c2cc(-c3nc(-c4ccccc4)nc(-c4ccccc4)n3)cc(-c3cc4ccccc4c4ccccc34)c2)c(C)n1. The van der Waals surface area contributed by atoms with Crippen LogP contribution in [0.4, 0.5) is 0 Å². The van der Waals surface area contributed by atoms with Crippen molar-refractivity contribution in [3.8, 4) is 192 Å². The lowest BCUT2D eigenvalue weighted by molar-refractivity contribution is 0.569. The van der Waals surface area contributed by atoms with Crippen molar-refractivity contribution in [2.45, 2.75) is 126 Å². The summed E-state index contributed by atoms with van der Waals surface area (Å²) in [6, 6.07) is 150. The number of aryl methyl sites for hydroxylation is 4. The molecule has 11 nitrogen and oxygen atoms in total. The molecule has 1 aliphatic carbocycles. The zero-order chi connectivity index (χ0) is 101. The van der Waals surface area contributed by atoms with E-state index in [0.29, 0.717) is 52.4 Å². The quantitative estimate of drug-likeness (QED) is 0.0853.